The zero-order chi connectivity index (χ0) is 21.1. The average molecular weight is 431 g/mol. The SMILES string of the molecule is Cc1cc(C(C)NCC[N+]23CCN(CC2)CC3)ccc1N=Nc1ncc([N+](=O)[O-])s1. The lowest BCUT2D eigenvalue weighted by molar-refractivity contribution is -0.939. The summed E-state index contributed by atoms with van der Waals surface area (Å²) in [6.07, 6.45) is 1.21. The van der Waals surface area contributed by atoms with Crippen molar-refractivity contribution >= 4 is 27.2 Å². The Hall–Kier alpha value is -2.27. The van der Waals surface area contributed by atoms with Gasteiger partial charge in [-0.15, -0.1) is 10.2 Å². The molecular formula is C20H28N7O2S+. The molecule has 0 radical (unpaired) electrons. The fourth-order valence-electron chi connectivity index (χ4n) is 4.25. The van der Waals surface area contributed by atoms with Gasteiger partial charge in [-0.05, 0) is 42.4 Å². The van der Waals surface area contributed by atoms with Gasteiger partial charge < -0.3 is 9.80 Å². The van der Waals surface area contributed by atoms with Gasteiger partial charge in [-0.1, -0.05) is 12.1 Å². The van der Waals surface area contributed by atoms with Crippen LogP contribution in [0, 0.1) is 17.0 Å². The van der Waals surface area contributed by atoms with Crippen LogP contribution in [0.3, 0.4) is 0 Å². The van der Waals surface area contributed by atoms with Gasteiger partial charge in [-0.2, -0.15) is 0 Å². The summed E-state index contributed by atoms with van der Waals surface area (Å²) in [6.45, 7) is 14.0. The topological polar surface area (TPSA) is 96.0 Å². The first kappa shape index (κ1) is 21.0. The van der Waals surface area contributed by atoms with Gasteiger partial charge in [0.1, 0.15) is 6.20 Å². The van der Waals surface area contributed by atoms with Gasteiger partial charge in [0.2, 0.25) is 5.13 Å². The van der Waals surface area contributed by atoms with E-state index >= 15 is 0 Å². The molecule has 0 amide bonds. The zero-order valence-electron chi connectivity index (χ0n) is 17.5. The molecule has 1 N–H and O–H groups in total. The molecule has 0 saturated carbocycles. The summed E-state index contributed by atoms with van der Waals surface area (Å²) in [5, 5.41) is 22.9. The molecule has 3 saturated heterocycles. The van der Waals surface area contributed by atoms with E-state index in [1.807, 2.05) is 13.0 Å². The molecule has 4 heterocycles. The highest BCUT2D eigenvalue weighted by atomic mass is 32.1. The molecule has 1 unspecified atom stereocenters. The number of quaternary nitrogens is 1. The Balaban J connectivity index is 1.32. The molecule has 2 aromatic rings. The number of hydrogen-bond donors (Lipinski definition) is 1. The second kappa shape index (κ2) is 8.84. The first-order valence-electron chi connectivity index (χ1n) is 10.4. The average Bonchev–Trinajstić information content (AvgIpc) is 3.23. The fourth-order valence-corrected chi connectivity index (χ4v) is 4.80. The van der Waals surface area contributed by atoms with E-state index in [-0.39, 0.29) is 16.2 Å². The summed E-state index contributed by atoms with van der Waals surface area (Å²) in [7, 11) is 0. The van der Waals surface area contributed by atoms with Crippen LogP contribution in [-0.4, -0.2) is 71.6 Å². The smallest absolute Gasteiger partial charge is 0.319 e. The fraction of sp³-hybridized carbons (Fsp3) is 0.550. The first-order chi connectivity index (χ1) is 14.4. The molecule has 9 nitrogen and oxygen atoms in total. The summed E-state index contributed by atoms with van der Waals surface area (Å²) in [5.74, 6) is 0. The number of nitrogens with one attached hydrogen (secondary N) is 1. The summed E-state index contributed by atoms with van der Waals surface area (Å²) >= 11 is 0.914. The molecule has 1 aromatic carbocycles. The van der Waals surface area contributed by atoms with Crippen molar-refractivity contribution in [3.63, 3.8) is 0 Å². The summed E-state index contributed by atoms with van der Waals surface area (Å²) in [5.41, 5.74) is 2.98. The molecule has 2 bridgehead atoms. The standard InChI is InChI=1S/C20H28N7O2S/c1-15-13-17(3-4-18(15)23-24-20-22-14-19(30-20)26(28)29)16(2)21-5-9-27-10-6-25(7-11-27)8-12-27/h3-4,13-14,16,21H,5-12H2,1-2H3/q+1. The summed E-state index contributed by atoms with van der Waals surface area (Å²) in [4.78, 5) is 16.8. The number of rotatable bonds is 8. The lowest BCUT2D eigenvalue weighted by atomic mass is 10.0. The Bertz CT molecular complexity index is 923. The summed E-state index contributed by atoms with van der Waals surface area (Å²) < 4.78 is 1.27. The number of piperazine rings is 3. The van der Waals surface area contributed by atoms with Gasteiger partial charge in [0.15, 0.2) is 0 Å². The van der Waals surface area contributed by atoms with Crippen molar-refractivity contribution in [2.75, 3.05) is 52.4 Å². The second-order valence-electron chi connectivity index (χ2n) is 8.24. The van der Waals surface area contributed by atoms with Gasteiger partial charge in [0.25, 0.3) is 0 Å². The van der Waals surface area contributed by atoms with E-state index < -0.39 is 4.92 Å². The van der Waals surface area contributed by atoms with Crippen molar-refractivity contribution in [1.82, 2.24) is 15.2 Å². The minimum Gasteiger partial charge on any atom is -0.319 e. The molecular weight excluding hydrogens is 402 g/mol. The Morgan fingerprint density at radius 1 is 1.30 bits per heavy atom. The van der Waals surface area contributed by atoms with Crippen LogP contribution in [0.5, 0.6) is 0 Å². The maximum atomic E-state index is 10.7. The molecule has 5 rings (SSSR count). The van der Waals surface area contributed by atoms with Crippen LogP contribution in [0.25, 0.3) is 0 Å². The van der Waals surface area contributed by atoms with Gasteiger partial charge >= 0.3 is 5.00 Å². The number of aromatic nitrogens is 1. The largest absolute Gasteiger partial charge is 0.345 e. The van der Waals surface area contributed by atoms with Crippen LogP contribution in [0.4, 0.5) is 15.8 Å². The molecule has 0 spiro atoms. The van der Waals surface area contributed by atoms with E-state index in [0.717, 1.165) is 29.1 Å². The van der Waals surface area contributed by atoms with Gasteiger partial charge in [0, 0.05) is 32.2 Å². The van der Waals surface area contributed by atoms with Gasteiger partial charge in [0.05, 0.1) is 36.8 Å². The molecule has 0 aliphatic carbocycles. The minimum absolute atomic E-state index is 0.0344. The number of azo groups is 1. The van der Waals surface area contributed by atoms with Crippen LogP contribution < -0.4 is 5.32 Å². The van der Waals surface area contributed by atoms with Gasteiger partial charge in [-0.25, -0.2) is 4.98 Å². The lowest BCUT2D eigenvalue weighted by Gasteiger charge is -2.50. The Kier molecular flexibility index (Phi) is 6.19. The molecule has 3 aliphatic rings. The van der Waals surface area contributed by atoms with E-state index in [4.69, 9.17) is 0 Å². The number of hydrogen-bond acceptors (Lipinski definition) is 8. The highest BCUT2D eigenvalue weighted by molar-refractivity contribution is 7.18. The Morgan fingerprint density at radius 2 is 2.03 bits per heavy atom. The maximum Gasteiger partial charge on any atom is 0.345 e. The van der Waals surface area contributed by atoms with Crippen molar-refractivity contribution in [2.45, 2.75) is 19.9 Å². The Morgan fingerprint density at radius 3 is 2.67 bits per heavy atom. The predicted octanol–water partition coefficient (Wildman–Crippen LogP) is 3.57. The number of fused-ring (bicyclic) bond motifs is 3. The molecule has 3 fully saturated rings. The van der Waals surface area contributed by atoms with Gasteiger partial charge in [-0.3, -0.25) is 15.0 Å². The quantitative estimate of drug-likeness (QED) is 0.299. The molecule has 1 aromatic heterocycles. The number of nitro groups is 1. The van der Waals surface area contributed by atoms with E-state index in [9.17, 15) is 10.1 Å². The van der Waals surface area contributed by atoms with Crippen molar-refractivity contribution < 1.29 is 9.41 Å². The monoisotopic (exact) mass is 430 g/mol. The van der Waals surface area contributed by atoms with Crippen LogP contribution in [-0.2, 0) is 0 Å². The van der Waals surface area contributed by atoms with Crippen LogP contribution >= 0.6 is 11.3 Å². The molecule has 30 heavy (non-hydrogen) atoms. The van der Waals surface area contributed by atoms with Crippen LogP contribution in [0.2, 0.25) is 0 Å². The number of benzene rings is 1. The first-order valence-corrected chi connectivity index (χ1v) is 11.2. The van der Waals surface area contributed by atoms with Crippen molar-refractivity contribution in [3.05, 3.63) is 45.6 Å². The third-order valence-corrected chi connectivity index (χ3v) is 7.17. The maximum absolute atomic E-state index is 10.7. The number of aryl methyl sites for hydroxylation is 1. The molecule has 1 atom stereocenters. The highest BCUT2D eigenvalue weighted by Crippen LogP contribution is 2.30. The number of nitrogens with zero attached hydrogens (tertiary/aromatic N) is 6. The lowest BCUT2D eigenvalue weighted by Crippen LogP contribution is -2.68. The molecule has 3 aliphatic heterocycles. The van der Waals surface area contributed by atoms with Crippen molar-refractivity contribution in [1.29, 1.82) is 0 Å². The van der Waals surface area contributed by atoms with Crippen molar-refractivity contribution in [2.24, 2.45) is 10.2 Å². The van der Waals surface area contributed by atoms with E-state index in [1.165, 1.54) is 62.1 Å². The highest BCUT2D eigenvalue weighted by Gasteiger charge is 2.37. The zero-order valence-corrected chi connectivity index (χ0v) is 18.3. The second-order valence-corrected chi connectivity index (χ2v) is 9.23. The van der Waals surface area contributed by atoms with E-state index in [2.05, 4.69) is 44.5 Å². The van der Waals surface area contributed by atoms with E-state index in [0.29, 0.717) is 0 Å². The minimum atomic E-state index is -0.471. The third kappa shape index (κ3) is 4.72. The van der Waals surface area contributed by atoms with Crippen LogP contribution in [0.1, 0.15) is 24.1 Å². The van der Waals surface area contributed by atoms with Crippen LogP contribution in [0.15, 0.2) is 34.6 Å². The van der Waals surface area contributed by atoms with Crippen molar-refractivity contribution in [3.8, 4) is 0 Å². The molecule has 10 heteroatoms. The normalized spacial score (nSPS) is 24.4. The third-order valence-electron chi connectivity index (χ3n) is 6.33. The summed E-state index contributed by atoms with van der Waals surface area (Å²) in [6, 6.07) is 6.40. The number of thiazole rings is 1. The Labute approximate surface area is 180 Å². The molecule has 160 valence electrons. The predicted molar refractivity (Wildman–Crippen MR) is 117 cm³/mol. The van der Waals surface area contributed by atoms with E-state index in [1.54, 1.807) is 0 Å².